The van der Waals surface area contributed by atoms with E-state index in [-0.39, 0.29) is 6.61 Å². The molecule has 0 saturated carbocycles. The van der Waals surface area contributed by atoms with Crippen LogP contribution in [0.3, 0.4) is 0 Å². The monoisotopic (exact) mass is 252 g/mol. The molecule has 0 bridgehead atoms. The molecule has 4 nitrogen and oxygen atoms in total. The van der Waals surface area contributed by atoms with Gasteiger partial charge in [-0.1, -0.05) is 15.9 Å². The summed E-state index contributed by atoms with van der Waals surface area (Å²) < 4.78 is 9.42. The Labute approximate surface area is 85.7 Å². The number of carbonyl (C=O) groups is 2. The molecule has 0 spiro atoms. The molecule has 1 atom stereocenters. The Kier molecular flexibility index (Phi) is 4.98. The molecule has 1 unspecified atom stereocenters. The largest absolute Gasteiger partial charge is 0.466 e. The van der Waals surface area contributed by atoms with Gasteiger partial charge in [0.15, 0.2) is 0 Å². The summed E-state index contributed by atoms with van der Waals surface area (Å²) in [6, 6.07) is 0. The molecule has 0 aliphatic rings. The molecule has 0 amide bonds. The van der Waals surface area contributed by atoms with Crippen LogP contribution in [0.4, 0.5) is 0 Å². The van der Waals surface area contributed by atoms with E-state index in [1.807, 2.05) is 0 Å². The van der Waals surface area contributed by atoms with E-state index in [1.165, 1.54) is 0 Å². The highest BCUT2D eigenvalue weighted by Gasteiger charge is 2.23. The van der Waals surface area contributed by atoms with Gasteiger partial charge in [-0.15, -0.1) is 0 Å². The number of carbonyl (C=O) groups excluding carboxylic acids is 2. The predicted octanol–water partition coefficient (Wildman–Crippen LogP) is 1.26. The first-order valence-electron chi connectivity index (χ1n) is 3.79. The van der Waals surface area contributed by atoms with Crippen molar-refractivity contribution in [3.8, 4) is 0 Å². The van der Waals surface area contributed by atoms with Gasteiger partial charge in [-0.2, -0.15) is 0 Å². The molecule has 0 rings (SSSR count). The van der Waals surface area contributed by atoms with Gasteiger partial charge < -0.3 is 9.47 Å². The zero-order chi connectivity index (χ0) is 10.5. The van der Waals surface area contributed by atoms with Crippen LogP contribution in [-0.2, 0) is 19.1 Å². The number of alkyl halides is 1. The number of ether oxygens (including phenoxy) is 2. The van der Waals surface area contributed by atoms with E-state index in [9.17, 15) is 9.59 Å². The average molecular weight is 253 g/mol. The number of rotatable bonds is 4. The fourth-order valence-corrected chi connectivity index (χ4v) is 0.804. The van der Waals surface area contributed by atoms with Gasteiger partial charge in [0.1, 0.15) is 17.0 Å². The summed E-state index contributed by atoms with van der Waals surface area (Å²) in [7, 11) is 0. The molecule has 13 heavy (non-hydrogen) atoms. The zero-order valence-electron chi connectivity index (χ0n) is 7.87. The second-order valence-corrected chi connectivity index (χ2v) is 4.54. The van der Waals surface area contributed by atoms with Crippen molar-refractivity contribution in [1.82, 2.24) is 0 Å². The Bertz CT molecular complexity index is 185. The van der Waals surface area contributed by atoms with Crippen molar-refractivity contribution in [2.24, 2.45) is 0 Å². The van der Waals surface area contributed by atoms with Crippen molar-refractivity contribution in [3.63, 3.8) is 0 Å². The minimum absolute atomic E-state index is 0.0155. The Morgan fingerprint density at radius 1 is 1.54 bits per heavy atom. The standard InChI is InChI=1S/C8H13BrO4/c1-8(2,3)13-7(11)6(9)4-12-5-10/h5-6H,4H2,1-3H3. The molecule has 5 heteroatoms. The summed E-state index contributed by atoms with van der Waals surface area (Å²) in [6.07, 6.45) is 0. The summed E-state index contributed by atoms with van der Waals surface area (Å²) >= 11 is 3.04. The van der Waals surface area contributed by atoms with Gasteiger partial charge in [0.05, 0.1) is 0 Å². The number of hydrogen-bond donors (Lipinski definition) is 0. The van der Waals surface area contributed by atoms with Crippen molar-refractivity contribution in [2.45, 2.75) is 31.2 Å². The first kappa shape index (κ1) is 12.4. The highest BCUT2D eigenvalue weighted by atomic mass is 79.9. The van der Waals surface area contributed by atoms with E-state index in [4.69, 9.17) is 4.74 Å². The van der Waals surface area contributed by atoms with Crippen LogP contribution in [-0.4, -0.2) is 29.5 Å². The van der Waals surface area contributed by atoms with Gasteiger partial charge in [-0.3, -0.25) is 9.59 Å². The van der Waals surface area contributed by atoms with E-state index in [2.05, 4.69) is 20.7 Å². The van der Waals surface area contributed by atoms with E-state index >= 15 is 0 Å². The Morgan fingerprint density at radius 2 is 2.08 bits per heavy atom. The van der Waals surface area contributed by atoms with Gasteiger partial charge in [0.2, 0.25) is 0 Å². The second-order valence-electron chi connectivity index (χ2n) is 3.43. The third-order valence-electron chi connectivity index (χ3n) is 0.973. The van der Waals surface area contributed by atoms with Crippen LogP contribution < -0.4 is 0 Å². The van der Waals surface area contributed by atoms with Crippen LogP contribution in [0, 0.1) is 0 Å². The lowest BCUT2D eigenvalue weighted by molar-refractivity contribution is -0.155. The SMILES string of the molecule is CC(C)(C)OC(=O)C(Br)COC=O. The minimum atomic E-state index is -0.600. The molecule has 0 aliphatic carbocycles. The molecule has 0 heterocycles. The predicted molar refractivity (Wildman–Crippen MR) is 50.6 cm³/mol. The molecule has 0 aromatic carbocycles. The topological polar surface area (TPSA) is 52.6 Å². The zero-order valence-corrected chi connectivity index (χ0v) is 9.46. The third-order valence-corrected chi connectivity index (χ3v) is 1.61. The van der Waals surface area contributed by atoms with E-state index in [0.29, 0.717) is 6.47 Å². The molecule has 0 aliphatic heterocycles. The fourth-order valence-electron chi connectivity index (χ4n) is 0.558. The summed E-state index contributed by atoms with van der Waals surface area (Å²) in [5, 5.41) is 0. The lowest BCUT2D eigenvalue weighted by atomic mass is 10.2. The Morgan fingerprint density at radius 3 is 2.46 bits per heavy atom. The van der Waals surface area contributed by atoms with Crippen LogP contribution >= 0.6 is 15.9 Å². The van der Waals surface area contributed by atoms with Crippen molar-refractivity contribution >= 4 is 28.4 Å². The quantitative estimate of drug-likeness (QED) is 0.430. The fraction of sp³-hybridized carbons (Fsp3) is 0.750. The summed E-state index contributed by atoms with van der Waals surface area (Å²) in [5.41, 5.74) is -0.524. The number of halogens is 1. The number of esters is 1. The maximum Gasteiger partial charge on any atom is 0.323 e. The molecule has 0 aromatic rings. The van der Waals surface area contributed by atoms with E-state index < -0.39 is 16.4 Å². The third kappa shape index (κ3) is 6.57. The van der Waals surface area contributed by atoms with E-state index in [1.54, 1.807) is 20.8 Å². The van der Waals surface area contributed by atoms with Crippen molar-refractivity contribution in [2.75, 3.05) is 6.61 Å². The highest BCUT2D eigenvalue weighted by Crippen LogP contribution is 2.12. The summed E-state index contributed by atoms with van der Waals surface area (Å²) in [4.78, 5) is 20.4. The van der Waals surface area contributed by atoms with Crippen molar-refractivity contribution in [3.05, 3.63) is 0 Å². The molecule has 0 aromatic heterocycles. The summed E-state index contributed by atoms with van der Waals surface area (Å²) in [6.45, 7) is 5.58. The van der Waals surface area contributed by atoms with Crippen LogP contribution in [0.1, 0.15) is 20.8 Å². The molecule has 0 saturated heterocycles. The normalized spacial score (nSPS) is 13.2. The van der Waals surface area contributed by atoms with Gasteiger partial charge in [-0.05, 0) is 20.8 Å². The lowest BCUT2D eigenvalue weighted by Gasteiger charge is -2.21. The maximum absolute atomic E-state index is 11.2. The Hall–Kier alpha value is -0.580. The molecular weight excluding hydrogens is 240 g/mol. The van der Waals surface area contributed by atoms with Gasteiger partial charge in [-0.25, -0.2) is 0 Å². The van der Waals surface area contributed by atoms with Crippen LogP contribution in [0.5, 0.6) is 0 Å². The van der Waals surface area contributed by atoms with Crippen LogP contribution in [0.25, 0.3) is 0 Å². The molecule has 0 fully saturated rings. The van der Waals surface area contributed by atoms with Gasteiger partial charge >= 0.3 is 5.97 Å². The van der Waals surface area contributed by atoms with Crippen molar-refractivity contribution in [1.29, 1.82) is 0 Å². The maximum atomic E-state index is 11.2. The average Bonchev–Trinajstić information content (AvgIpc) is 1.96. The first-order chi connectivity index (χ1) is 5.87. The lowest BCUT2D eigenvalue weighted by Crippen LogP contribution is -2.31. The molecule has 76 valence electrons. The first-order valence-corrected chi connectivity index (χ1v) is 4.70. The van der Waals surface area contributed by atoms with Gasteiger partial charge in [0, 0.05) is 0 Å². The van der Waals surface area contributed by atoms with Gasteiger partial charge in [0.25, 0.3) is 6.47 Å². The smallest absolute Gasteiger partial charge is 0.323 e. The minimum Gasteiger partial charge on any atom is -0.466 e. The van der Waals surface area contributed by atoms with Crippen LogP contribution in [0.2, 0.25) is 0 Å². The van der Waals surface area contributed by atoms with Crippen molar-refractivity contribution < 1.29 is 19.1 Å². The van der Waals surface area contributed by atoms with E-state index in [0.717, 1.165) is 0 Å². The van der Waals surface area contributed by atoms with Crippen LogP contribution in [0.15, 0.2) is 0 Å². The molecule has 0 N–H and O–H groups in total. The molecule has 0 radical (unpaired) electrons. The highest BCUT2D eigenvalue weighted by molar-refractivity contribution is 9.10. The second kappa shape index (κ2) is 5.21. The Balaban J connectivity index is 3.89. The summed E-state index contributed by atoms with van der Waals surface area (Å²) in [5.74, 6) is -0.436. The number of hydrogen-bond acceptors (Lipinski definition) is 4. The molecular formula is C8H13BrO4.